The third-order valence-corrected chi connectivity index (χ3v) is 5.46. The van der Waals surface area contributed by atoms with E-state index in [0.717, 1.165) is 17.1 Å². The lowest BCUT2D eigenvalue weighted by molar-refractivity contribution is -0.117. The molecule has 1 fully saturated rings. The number of benzene rings is 1. The Bertz CT molecular complexity index is 998. The standard InChI is InChI=1S/C18H19N5O2S/c1-2-15-21-23-17(25)8-12(20-18(23)26-15)10-19-13-9-16(24)22(11-13)14-6-4-3-5-7-14/h3-8,13,19H,2,9-11H2,1H3/t13-/m0/s1. The van der Waals surface area contributed by atoms with Crippen molar-refractivity contribution < 1.29 is 4.79 Å². The van der Waals surface area contributed by atoms with E-state index in [2.05, 4.69) is 15.4 Å². The topological polar surface area (TPSA) is 79.6 Å². The van der Waals surface area contributed by atoms with Crippen LogP contribution < -0.4 is 15.8 Å². The van der Waals surface area contributed by atoms with Crippen LogP contribution in [0.15, 0.2) is 41.2 Å². The zero-order valence-corrected chi connectivity index (χ0v) is 15.2. The quantitative estimate of drug-likeness (QED) is 0.739. The van der Waals surface area contributed by atoms with Gasteiger partial charge in [-0.1, -0.05) is 36.5 Å². The molecule has 1 atom stereocenters. The van der Waals surface area contributed by atoms with Crippen molar-refractivity contribution >= 4 is 27.9 Å². The van der Waals surface area contributed by atoms with Gasteiger partial charge in [-0.05, 0) is 18.6 Å². The summed E-state index contributed by atoms with van der Waals surface area (Å²) >= 11 is 1.43. The lowest BCUT2D eigenvalue weighted by Crippen LogP contribution is -2.33. The van der Waals surface area contributed by atoms with Crippen molar-refractivity contribution in [2.24, 2.45) is 0 Å². The number of carbonyl (C=O) groups is 1. The van der Waals surface area contributed by atoms with Crippen molar-refractivity contribution in [3.05, 3.63) is 57.5 Å². The highest BCUT2D eigenvalue weighted by Gasteiger charge is 2.30. The summed E-state index contributed by atoms with van der Waals surface area (Å²) in [6.45, 7) is 3.07. The normalized spacial score (nSPS) is 17.3. The summed E-state index contributed by atoms with van der Waals surface area (Å²) in [7, 11) is 0. The molecular weight excluding hydrogens is 350 g/mol. The maximum absolute atomic E-state index is 12.3. The summed E-state index contributed by atoms with van der Waals surface area (Å²) in [4.78, 5) is 31.4. The summed E-state index contributed by atoms with van der Waals surface area (Å²) in [6.07, 6.45) is 1.22. The SMILES string of the molecule is CCc1nn2c(=O)cc(CN[C@H]3CC(=O)N(c4ccccc4)C3)nc2s1. The number of aryl methyl sites for hydroxylation is 1. The van der Waals surface area contributed by atoms with Gasteiger partial charge in [-0.25, -0.2) is 4.98 Å². The van der Waals surface area contributed by atoms with Gasteiger partial charge in [0.05, 0.1) is 5.69 Å². The summed E-state index contributed by atoms with van der Waals surface area (Å²) < 4.78 is 1.35. The number of hydrogen-bond donors (Lipinski definition) is 1. The summed E-state index contributed by atoms with van der Waals surface area (Å²) in [5.41, 5.74) is 1.42. The number of anilines is 1. The van der Waals surface area contributed by atoms with Crippen LogP contribution in [0, 0.1) is 0 Å². The van der Waals surface area contributed by atoms with E-state index in [4.69, 9.17) is 0 Å². The molecule has 0 aliphatic carbocycles. The fourth-order valence-electron chi connectivity index (χ4n) is 3.08. The van der Waals surface area contributed by atoms with Crippen LogP contribution in [-0.4, -0.2) is 33.1 Å². The third kappa shape index (κ3) is 3.25. The molecule has 4 rings (SSSR count). The number of aromatic nitrogens is 3. The summed E-state index contributed by atoms with van der Waals surface area (Å²) in [6, 6.07) is 11.2. The Morgan fingerprint density at radius 2 is 2.08 bits per heavy atom. The minimum absolute atomic E-state index is 0.0376. The van der Waals surface area contributed by atoms with Gasteiger partial charge in [0, 0.05) is 37.3 Å². The van der Waals surface area contributed by atoms with Crippen LogP contribution in [0.5, 0.6) is 0 Å². The molecule has 3 aromatic rings. The molecule has 1 amide bonds. The number of nitrogens with zero attached hydrogens (tertiary/aromatic N) is 4. The maximum Gasteiger partial charge on any atom is 0.275 e. The fourth-order valence-corrected chi connectivity index (χ4v) is 3.94. The smallest absolute Gasteiger partial charge is 0.275 e. The van der Waals surface area contributed by atoms with E-state index in [9.17, 15) is 9.59 Å². The van der Waals surface area contributed by atoms with E-state index >= 15 is 0 Å². The molecule has 2 aromatic heterocycles. The van der Waals surface area contributed by atoms with Gasteiger partial charge in [-0.15, -0.1) is 0 Å². The molecule has 0 unspecified atom stereocenters. The van der Waals surface area contributed by atoms with Gasteiger partial charge in [0.2, 0.25) is 10.9 Å². The first-order valence-electron chi connectivity index (χ1n) is 8.61. The van der Waals surface area contributed by atoms with Crippen molar-refractivity contribution in [1.29, 1.82) is 0 Å². The molecule has 0 saturated carbocycles. The molecule has 1 saturated heterocycles. The van der Waals surface area contributed by atoms with Crippen LogP contribution in [0.25, 0.3) is 4.96 Å². The van der Waals surface area contributed by atoms with Gasteiger partial charge in [0.25, 0.3) is 5.56 Å². The Balaban J connectivity index is 1.45. The number of amides is 1. The van der Waals surface area contributed by atoms with Gasteiger partial charge in [0.15, 0.2) is 0 Å². The second-order valence-electron chi connectivity index (χ2n) is 6.25. The molecule has 1 aliphatic heterocycles. The Morgan fingerprint density at radius 3 is 2.85 bits per heavy atom. The van der Waals surface area contributed by atoms with Crippen molar-refractivity contribution in [2.75, 3.05) is 11.4 Å². The molecular formula is C18H19N5O2S. The average Bonchev–Trinajstić information content (AvgIpc) is 3.24. The highest BCUT2D eigenvalue weighted by Crippen LogP contribution is 2.21. The largest absolute Gasteiger partial charge is 0.311 e. The minimum Gasteiger partial charge on any atom is -0.311 e. The van der Waals surface area contributed by atoms with Crippen molar-refractivity contribution in [3.63, 3.8) is 0 Å². The third-order valence-electron chi connectivity index (χ3n) is 4.41. The number of carbonyl (C=O) groups excluding carboxylic acids is 1. The molecule has 134 valence electrons. The Hall–Kier alpha value is -2.58. The van der Waals surface area contributed by atoms with E-state index in [1.54, 1.807) is 4.90 Å². The van der Waals surface area contributed by atoms with Crippen LogP contribution in [0.2, 0.25) is 0 Å². The average molecular weight is 369 g/mol. The van der Waals surface area contributed by atoms with E-state index in [1.165, 1.54) is 21.9 Å². The van der Waals surface area contributed by atoms with E-state index in [1.807, 2.05) is 37.3 Å². The molecule has 0 spiro atoms. The summed E-state index contributed by atoms with van der Waals surface area (Å²) in [5.74, 6) is 0.104. The second-order valence-corrected chi connectivity index (χ2v) is 7.29. The lowest BCUT2D eigenvalue weighted by atomic mass is 10.2. The molecule has 1 N–H and O–H groups in total. The van der Waals surface area contributed by atoms with E-state index < -0.39 is 0 Å². The molecule has 1 aromatic carbocycles. The predicted octanol–water partition coefficient (Wildman–Crippen LogP) is 1.61. The number of para-hydroxylation sites is 1. The molecule has 7 nitrogen and oxygen atoms in total. The first-order valence-corrected chi connectivity index (χ1v) is 9.43. The highest BCUT2D eigenvalue weighted by atomic mass is 32.1. The van der Waals surface area contributed by atoms with Crippen LogP contribution in [0.1, 0.15) is 24.0 Å². The maximum atomic E-state index is 12.3. The van der Waals surface area contributed by atoms with Crippen molar-refractivity contribution in [2.45, 2.75) is 32.4 Å². The van der Waals surface area contributed by atoms with Gasteiger partial charge in [0.1, 0.15) is 5.01 Å². The predicted molar refractivity (Wildman–Crippen MR) is 101 cm³/mol. The van der Waals surface area contributed by atoms with E-state index in [0.29, 0.717) is 30.2 Å². The molecule has 26 heavy (non-hydrogen) atoms. The van der Waals surface area contributed by atoms with Gasteiger partial charge in [-0.3, -0.25) is 9.59 Å². The Kier molecular flexibility index (Phi) is 4.52. The molecule has 8 heteroatoms. The second kappa shape index (κ2) is 6.97. The molecule has 0 radical (unpaired) electrons. The number of hydrogen-bond acceptors (Lipinski definition) is 6. The van der Waals surface area contributed by atoms with E-state index in [-0.39, 0.29) is 17.5 Å². The van der Waals surface area contributed by atoms with Gasteiger partial charge < -0.3 is 10.2 Å². The van der Waals surface area contributed by atoms with Crippen LogP contribution in [-0.2, 0) is 17.8 Å². The zero-order chi connectivity index (χ0) is 18.1. The molecule has 1 aliphatic rings. The highest BCUT2D eigenvalue weighted by molar-refractivity contribution is 7.16. The lowest BCUT2D eigenvalue weighted by Gasteiger charge is -2.17. The Morgan fingerprint density at radius 1 is 1.27 bits per heavy atom. The molecule has 0 bridgehead atoms. The molecule has 3 heterocycles. The van der Waals surface area contributed by atoms with Crippen LogP contribution in [0.3, 0.4) is 0 Å². The van der Waals surface area contributed by atoms with Crippen molar-refractivity contribution in [1.82, 2.24) is 19.9 Å². The first-order chi connectivity index (χ1) is 12.6. The van der Waals surface area contributed by atoms with Crippen molar-refractivity contribution in [3.8, 4) is 0 Å². The number of rotatable bonds is 5. The number of fused-ring (bicyclic) bond motifs is 1. The minimum atomic E-state index is -0.170. The van der Waals surface area contributed by atoms with Crippen LogP contribution >= 0.6 is 11.3 Å². The zero-order valence-electron chi connectivity index (χ0n) is 14.4. The van der Waals surface area contributed by atoms with Crippen LogP contribution in [0.4, 0.5) is 5.69 Å². The Labute approximate surface area is 154 Å². The first kappa shape index (κ1) is 16.9. The summed E-state index contributed by atoms with van der Waals surface area (Å²) in [5, 5.41) is 8.49. The fraction of sp³-hybridized carbons (Fsp3) is 0.333. The monoisotopic (exact) mass is 369 g/mol. The number of nitrogens with one attached hydrogen (secondary N) is 1. The van der Waals surface area contributed by atoms with Gasteiger partial charge >= 0.3 is 0 Å². The van der Waals surface area contributed by atoms with Gasteiger partial charge in [-0.2, -0.15) is 9.61 Å².